The molecule has 0 amide bonds. The molecule has 1 aromatic rings. The fourth-order valence-corrected chi connectivity index (χ4v) is 2.12. The van der Waals surface area contributed by atoms with E-state index in [1.54, 1.807) is 30.3 Å². The van der Waals surface area contributed by atoms with E-state index in [0.29, 0.717) is 4.90 Å². The molecular weight excluding hydrogens is 224 g/mol. The highest BCUT2D eigenvalue weighted by Gasteiger charge is 2.38. The molecule has 1 N–H and O–H groups in total. The fraction of sp³-hybridized carbons (Fsp3) is 0.222. The summed E-state index contributed by atoms with van der Waals surface area (Å²) in [6, 6.07) is 8.29. The summed E-state index contributed by atoms with van der Waals surface area (Å²) >= 11 is 5.66. The van der Waals surface area contributed by atoms with Crippen LogP contribution in [0.25, 0.3) is 0 Å². The second kappa shape index (κ2) is 4.11. The van der Waals surface area contributed by atoms with Crippen LogP contribution in [0.2, 0.25) is 0 Å². The van der Waals surface area contributed by atoms with Crippen LogP contribution in [-0.2, 0) is 15.6 Å². The van der Waals surface area contributed by atoms with Gasteiger partial charge in [0.05, 0.1) is 10.8 Å². The Kier molecular flexibility index (Phi) is 3.29. The van der Waals surface area contributed by atoms with Gasteiger partial charge in [-0.15, -0.1) is 0 Å². The van der Waals surface area contributed by atoms with Gasteiger partial charge in [0.2, 0.25) is 4.21 Å². The summed E-state index contributed by atoms with van der Waals surface area (Å²) in [5, 5.41) is 8.75. The third kappa shape index (κ3) is 2.13. The van der Waals surface area contributed by atoms with Crippen LogP contribution in [0, 0.1) is 0 Å². The van der Waals surface area contributed by atoms with Gasteiger partial charge in [-0.05, 0) is 19.1 Å². The van der Waals surface area contributed by atoms with Crippen molar-refractivity contribution < 1.29 is 14.1 Å². The molecule has 5 heteroatoms. The molecule has 1 aromatic carbocycles. The topological polar surface area (TPSA) is 54.4 Å². The molecule has 0 aliphatic carbocycles. The Morgan fingerprint density at radius 3 is 2.36 bits per heavy atom. The van der Waals surface area contributed by atoms with E-state index in [0.717, 1.165) is 0 Å². The quantitative estimate of drug-likeness (QED) is 0.809. The van der Waals surface area contributed by atoms with Gasteiger partial charge in [0.25, 0.3) is 0 Å². The Labute approximate surface area is 89.2 Å². The van der Waals surface area contributed by atoms with E-state index < -0.39 is 21.0 Å². The SMILES string of the molecule is CC(Cl)(C(=O)O)S(=O)c1ccccc1. The maximum absolute atomic E-state index is 11.7. The van der Waals surface area contributed by atoms with E-state index in [9.17, 15) is 9.00 Å². The third-order valence-corrected chi connectivity index (χ3v) is 3.84. The lowest BCUT2D eigenvalue weighted by atomic mass is 10.4. The van der Waals surface area contributed by atoms with Crippen LogP contribution in [0.1, 0.15) is 6.92 Å². The predicted octanol–water partition coefficient (Wildman–Crippen LogP) is 1.83. The largest absolute Gasteiger partial charge is 0.479 e. The minimum absolute atomic E-state index is 0.410. The van der Waals surface area contributed by atoms with Gasteiger partial charge in [-0.2, -0.15) is 0 Å². The zero-order chi connectivity index (χ0) is 10.8. The number of aliphatic carboxylic acids is 1. The maximum Gasteiger partial charge on any atom is 0.337 e. The molecule has 0 bridgehead atoms. The molecule has 0 aromatic heterocycles. The minimum Gasteiger partial charge on any atom is -0.479 e. The molecule has 0 saturated carbocycles. The van der Waals surface area contributed by atoms with Crippen molar-refractivity contribution in [3.63, 3.8) is 0 Å². The summed E-state index contributed by atoms with van der Waals surface area (Å²) in [6.07, 6.45) is 0. The normalized spacial score (nSPS) is 17.0. The van der Waals surface area contributed by atoms with Crippen LogP contribution >= 0.6 is 11.6 Å². The fourth-order valence-electron chi connectivity index (χ4n) is 0.845. The molecule has 0 aliphatic heterocycles. The zero-order valence-corrected chi connectivity index (χ0v) is 9.01. The summed E-state index contributed by atoms with van der Waals surface area (Å²) in [4.78, 5) is 11.1. The summed E-state index contributed by atoms with van der Waals surface area (Å²) < 4.78 is 9.93. The van der Waals surface area contributed by atoms with Gasteiger partial charge in [0.1, 0.15) is 0 Å². The number of hydrogen-bond acceptors (Lipinski definition) is 2. The average Bonchev–Trinajstić information content (AvgIpc) is 2.17. The Bertz CT molecular complexity index is 362. The molecule has 1 rings (SSSR count). The van der Waals surface area contributed by atoms with Gasteiger partial charge >= 0.3 is 5.97 Å². The van der Waals surface area contributed by atoms with E-state index in [1.807, 2.05) is 0 Å². The smallest absolute Gasteiger partial charge is 0.337 e. The predicted molar refractivity (Wildman–Crippen MR) is 54.7 cm³/mol. The number of carboxylic acid groups (broad SMARTS) is 1. The standard InChI is InChI=1S/C9H9ClO3S/c1-9(10,8(11)12)14(13)7-5-3-2-4-6-7/h2-6H,1H3,(H,11,12). The van der Waals surface area contributed by atoms with Crippen molar-refractivity contribution in [1.29, 1.82) is 0 Å². The lowest BCUT2D eigenvalue weighted by Gasteiger charge is -2.15. The van der Waals surface area contributed by atoms with E-state index in [-0.39, 0.29) is 0 Å². The van der Waals surface area contributed by atoms with Gasteiger partial charge in [-0.3, -0.25) is 4.21 Å². The first-order valence-corrected chi connectivity index (χ1v) is 5.38. The first kappa shape index (κ1) is 11.2. The molecule has 0 radical (unpaired) electrons. The van der Waals surface area contributed by atoms with Crippen molar-refractivity contribution >= 4 is 28.4 Å². The van der Waals surface area contributed by atoms with E-state index in [1.165, 1.54) is 6.92 Å². The number of carbonyl (C=O) groups is 1. The van der Waals surface area contributed by atoms with Gasteiger partial charge in [-0.25, -0.2) is 4.79 Å². The molecular formula is C9H9ClO3S. The second-order valence-corrected chi connectivity index (χ2v) is 5.61. The molecule has 0 spiro atoms. The summed E-state index contributed by atoms with van der Waals surface area (Å²) in [5.41, 5.74) is 0. The van der Waals surface area contributed by atoms with Crippen LogP contribution in [0.15, 0.2) is 35.2 Å². The Morgan fingerprint density at radius 1 is 1.43 bits per heavy atom. The van der Waals surface area contributed by atoms with Gasteiger partial charge in [0, 0.05) is 4.90 Å². The van der Waals surface area contributed by atoms with Crippen LogP contribution in [0.4, 0.5) is 0 Å². The van der Waals surface area contributed by atoms with Gasteiger partial charge < -0.3 is 5.11 Å². The molecule has 76 valence electrons. The van der Waals surface area contributed by atoms with Gasteiger partial charge in [-0.1, -0.05) is 29.8 Å². The van der Waals surface area contributed by atoms with Crippen LogP contribution in [0.5, 0.6) is 0 Å². The zero-order valence-electron chi connectivity index (χ0n) is 7.44. The minimum atomic E-state index is -1.78. The Hall–Kier alpha value is -0.870. The number of alkyl halides is 1. The Balaban J connectivity index is 3.03. The first-order valence-electron chi connectivity index (χ1n) is 3.85. The molecule has 3 nitrogen and oxygen atoms in total. The molecule has 0 heterocycles. The highest BCUT2D eigenvalue weighted by molar-refractivity contribution is 7.88. The number of carboxylic acids is 1. The van der Waals surface area contributed by atoms with Crippen molar-refractivity contribution in [3.8, 4) is 0 Å². The molecule has 14 heavy (non-hydrogen) atoms. The van der Waals surface area contributed by atoms with Crippen LogP contribution < -0.4 is 0 Å². The molecule has 2 unspecified atom stereocenters. The number of hydrogen-bond donors (Lipinski definition) is 1. The van der Waals surface area contributed by atoms with Gasteiger partial charge in [0.15, 0.2) is 0 Å². The summed E-state index contributed by atoms with van der Waals surface area (Å²) in [7, 11) is -1.76. The monoisotopic (exact) mass is 232 g/mol. The molecule has 2 atom stereocenters. The van der Waals surface area contributed by atoms with Crippen molar-refractivity contribution in [2.45, 2.75) is 16.0 Å². The lowest BCUT2D eigenvalue weighted by Crippen LogP contribution is -2.33. The second-order valence-electron chi connectivity index (χ2n) is 2.80. The van der Waals surface area contributed by atoms with Crippen molar-refractivity contribution in [2.24, 2.45) is 0 Å². The number of halogens is 1. The Morgan fingerprint density at radius 2 is 1.93 bits per heavy atom. The van der Waals surface area contributed by atoms with Crippen LogP contribution in [-0.4, -0.2) is 19.5 Å². The van der Waals surface area contributed by atoms with Crippen molar-refractivity contribution in [1.82, 2.24) is 0 Å². The maximum atomic E-state index is 11.7. The van der Waals surface area contributed by atoms with Crippen LogP contribution in [0.3, 0.4) is 0 Å². The van der Waals surface area contributed by atoms with E-state index in [2.05, 4.69) is 0 Å². The summed E-state index contributed by atoms with van der Waals surface area (Å²) in [6.45, 7) is 1.22. The highest BCUT2D eigenvalue weighted by Crippen LogP contribution is 2.25. The highest BCUT2D eigenvalue weighted by atomic mass is 35.5. The third-order valence-electron chi connectivity index (χ3n) is 1.69. The van der Waals surface area contributed by atoms with Crippen molar-refractivity contribution in [2.75, 3.05) is 0 Å². The average molecular weight is 233 g/mol. The lowest BCUT2D eigenvalue weighted by molar-refractivity contribution is -0.137. The van der Waals surface area contributed by atoms with E-state index in [4.69, 9.17) is 16.7 Å². The van der Waals surface area contributed by atoms with Crippen molar-refractivity contribution in [3.05, 3.63) is 30.3 Å². The van der Waals surface area contributed by atoms with E-state index >= 15 is 0 Å². The molecule has 0 aliphatic rings. The first-order chi connectivity index (χ1) is 6.46. The molecule has 0 fully saturated rings. The number of rotatable bonds is 3. The number of benzene rings is 1. The molecule has 0 saturated heterocycles. The summed E-state index contributed by atoms with van der Waals surface area (Å²) in [5.74, 6) is -1.29.